The molecule has 1 N–H and O–H groups in total. The van der Waals surface area contributed by atoms with E-state index >= 15 is 0 Å². The van der Waals surface area contributed by atoms with Gasteiger partial charge < -0.3 is 9.84 Å². The second-order valence-electron chi connectivity index (χ2n) is 4.77. The lowest BCUT2D eigenvalue weighted by atomic mass is 10.1. The first-order valence-electron chi connectivity index (χ1n) is 5.51. The van der Waals surface area contributed by atoms with E-state index in [1.807, 2.05) is 45.0 Å². The molecule has 0 heterocycles. The molecule has 0 aliphatic rings. The average Bonchev–Trinajstić information content (AvgIpc) is 2.24. The molecule has 0 aliphatic heterocycles. The number of rotatable bonds is 3. The summed E-state index contributed by atoms with van der Waals surface area (Å²) in [5.74, 6) is -0.369. The van der Waals surface area contributed by atoms with Crippen LogP contribution in [0, 0.1) is 0 Å². The van der Waals surface area contributed by atoms with Crippen molar-refractivity contribution in [1.82, 2.24) is 0 Å². The maximum atomic E-state index is 11.4. The van der Waals surface area contributed by atoms with Gasteiger partial charge in [-0.25, -0.2) is 4.79 Å². The SMILES string of the molecule is CC(C)(C)OC(=O)/C=C/c1cccc(CO)c1. The second-order valence-corrected chi connectivity index (χ2v) is 4.77. The van der Waals surface area contributed by atoms with Crippen molar-refractivity contribution in [3.05, 3.63) is 41.5 Å². The first-order chi connectivity index (χ1) is 7.90. The number of carbonyl (C=O) groups is 1. The maximum Gasteiger partial charge on any atom is 0.331 e. The van der Waals surface area contributed by atoms with Crippen LogP contribution < -0.4 is 0 Å². The summed E-state index contributed by atoms with van der Waals surface area (Å²) < 4.78 is 5.14. The molecule has 1 aromatic rings. The van der Waals surface area contributed by atoms with Crippen molar-refractivity contribution in [2.45, 2.75) is 33.0 Å². The number of esters is 1. The zero-order chi connectivity index (χ0) is 12.9. The third kappa shape index (κ3) is 5.31. The van der Waals surface area contributed by atoms with E-state index in [4.69, 9.17) is 9.84 Å². The van der Waals surface area contributed by atoms with Crippen LogP contribution in [0.5, 0.6) is 0 Å². The van der Waals surface area contributed by atoms with E-state index in [1.54, 1.807) is 6.08 Å². The van der Waals surface area contributed by atoms with Crippen LogP contribution in [0.4, 0.5) is 0 Å². The molecular formula is C14H18O3. The van der Waals surface area contributed by atoms with E-state index in [-0.39, 0.29) is 12.6 Å². The van der Waals surface area contributed by atoms with Crippen LogP contribution in [0.1, 0.15) is 31.9 Å². The fourth-order valence-corrected chi connectivity index (χ4v) is 1.30. The van der Waals surface area contributed by atoms with Gasteiger partial charge in [0.1, 0.15) is 5.60 Å². The lowest BCUT2D eigenvalue weighted by molar-refractivity contribution is -0.148. The van der Waals surface area contributed by atoms with Gasteiger partial charge in [0.05, 0.1) is 6.61 Å². The van der Waals surface area contributed by atoms with Gasteiger partial charge in [-0.15, -0.1) is 0 Å². The van der Waals surface area contributed by atoms with Crippen molar-refractivity contribution < 1.29 is 14.6 Å². The van der Waals surface area contributed by atoms with Crippen LogP contribution >= 0.6 is 0 Å². The molecule has 1 rings (SSSR count). The molecule has 0 saturated heterocycles. The van der Waals surface area contributed by atoms with Gasteiger partial charge in [0.25, 0.3) is 0 Å². The van der Waals surface area contributed by atoms with Crippen molar-refractivity contribution >= 4 is 12.0 Å². The van der Waals surface area contributed by atoms with Gasteiger partial charge in [-0.1, -0.05) is 18.2 Å². The van der Waals surface area contributed by atoms with Crippen molar-refractivity contribution in [3.8, 4) is 0 Å². The summed E-state index contributed by atoms with van der Waals surface area (Å²) in [6, 6.07) is 7.34. The Morgan fingerprint density at radius 2 is 2.12 bits per heavy atom. The number of ether oxygens (including phenoxy) is 1. The third-order valence-electron chi connectivity index (χ3n) is 1.95. The molecule has 0 fully saturated rings. The Balaban J connectivity index is 2.67. The Kier molecular flexibility index (Phi) is 4.46. The second kappa shape index (κ2) is 5.64. The lowest BCUT2D eigenvalue weighted by Gasteiger charge is -2.17. The zero-order valence-electron chi connectivity index (χ0n) is 10.4. The smallest absolute Gasteiger partial charge is 0.331 e. The number of benzene rings is 1. The van der Waals surface area contributed by atoms with Crippen LogP contribution in [-0.2, 0) is 16.1 Å². The van der Waals surface area contributed by atoms with Crippen molar-refractivity contribution in [2.75, 3.05) is 0 Å². The number of carbonyl (C=O) groups excluding carboxylic acids is 1. The molecule has 1 aromatic carbocycles. The normalized spacial score (nSPS) is 11.8. The molecular weight excluding hydrogens is 216 g/mol. The molecule has 0 aliphatic carbocycles. The molecule has 0 radical (unpaired) electrons. The van der Waals surface area contributed by atoms with E-state index in [2.05, 4.69) is 0 Å². The molecule has 0 saturated carbocycles. The minimum absolute atomic E-state index is 0.00584. The molecule has 3 heteroatoms. The molecule has 17 heavy (non-hydrogen) atoms. The highest BCUT2D eigenvalue weighted by Gasteiger charge is 2.13. The summed E-state index contributed by atoms with van der Waals surface area (Å²) in [4.78, 5) is 11.4. The number of hydrogen-bond acceptors (Lipinski definition) is 3. The first-order valence-corrected chi connectivity index (χ1v) is 5.51. The van der Waals surface area contributed by atoms with E-state index < -0.39 is 5.60 Å². The molecule has 0 aromatic heterocycles. The monoisotopic (exact) mass is 234 g/mol. The van der Waals surface area contributed by atoms with Gasteiger partial charge in [0.15, 0.2) is 0 Å². The summed E-state index contributed by atoms with van der Waals surface area (Å²) >= 11 is 0. The van der Waals surface area contributed by atoms with Crippen LogP contribution in [0.25, 0.3) is 6.08 Å². The fourth-order valence-electron chi connectivity index (χ4n) is 1.30. The molecule has 3 nitrogen and oxygen atoms in total. The van der Waals surface area contributed by atoms with Crippen molar-refractivity contribution in [1.29, 1.82) is 0 Å². The Bertz CT molecular complexity index is 414. The summed E-state index contributed by atoms with van der Waals surface area (Å²) in [6.45, 7) is 5.47. The predicted octanol–water partition coefficient (Wildman–Crippen LogP) is 2.53. The van der Waals surface area contributed by atoms with E-state index in [0.717, 1.165) is 11.1 Å². The van der Waals surface area contributed by atoms with Gasteiger partial charge in [-0.2, -0.15) is 0 Å². The molecule has 0 atom stereocenters. The minimum atomic E-state index is -0.478. The van der Waals surface area contributed by atoms with Gasteiger partial charge >= 0.3 is 5.97 Å². The van der Waals surface area contributed by atoms with E-state index in [1.165, 1.54) is 6.08 Å². The van der Waals surface area contributed by atoms with Gasteiger partial charge in [-0.3, -0.25) is 0 Å². The zero-order valence-corrected chi connectivity index (χ0v) is 10.4. The molecule has 0 unspecified atom stereocenters. The number of aliphatic hydroxyl groups excluding tert-OH is 1. The standard InChI is InChI=1S/C14H18O3/c1-14(2,3)17-13(16)8-7-11-5-4-6-12(9-11)10-15/h4-9,15H,10H2,1-3H3/b8-7+. The number of hydrogen-bond donors (Lipinski definition) is 1. The van der Waals surface area contributed by atoms with Crippen molar-refractivity contribution in [3.63, 3.8) is 0 Å². The topological polar surface area (TPSA) is 46.5 Å². The Morgan fingerprint density at radius 3 is 2.71 bits per heavy atom. The Hall–Kier alpha value is -1.61. The summed E-state index contributed by atoms with van der Waals surface area (Å²) in [7, 11) is 0. The summed E-state index contributed by atoms with van der Waals surface area (Å²) in [5.41, 5.74) is 1.20. The number of aliphatic hydroxyl groups is 1. The van der Waals surface area contributed by atoms with Gasteiger partial charge in [0.2, 0.25) is 0 Å². The van der Waals surface area contributed by atoms with Crippen LogP contribution in [-0.4, -0.2) is 16.7 Å². The Morgan fingerprint density at radius 1 is 1.41 bits per heavy atom. The van der Waals surface area contributed by atoms with Gasteiger partial charge in [0, 0.05) is 6.08 Å². The highest BCUT2D eigenvalue weighted by atomic mass is 16.6. The maximum absolute atomic E-state index is 11.4. The van der Waals surface area contributed by atoms with E-state index in [0.29, 0.717) is 0 Å². The van der Waals surface area contributed by atoms with Gasteiger partial charge in [-0.05, 0) is 44.0 Å². The summed E-state index contributed by atoms with van der Waals surface area (Å²) in [5, 5.41) is 8.98. The highest BCUT2D eigenvalue weighted by molar-refractivity contribution is 5.87. The van der Waals surface area contributed by atoms with E-state index in [9.17, 15) is 4.79 Å². The molecule has 0 bridgehead atoms. The highest BCUT2D eigenvalue weighted by Crippen LogP contribution is 2.10. The van der Waals surface area contributed by atoms with Crippen LogP contribution in [0.2, 0.25) is 0 Å². The Labute approximate surface area is 102 Å². The predicted molar refractivity (Wildman–Crippen MR) is 67.2 cm³/mol. The molecule has 0 amide bonds. The lowest BCUT2D eigenvalue weighted by Crippen LogP contribution is -2.22. The quantitative estimate of drug-likeness (QED) is 0.645. The molecule has 92 valence electrons. The molecule has 0 spiro atoms. The largest absolute Gasteiger partial charge is 0.457 e. The minimum Gasteiger partial charge on any atom is -0.457 e. The summed E-state index contributed by atoms with van der Waals surface area (Å²) in [6.07, 6.45) is 3.06. The third-order valence-corrected chi connectivity index (χ3v) is 1.95. The van der Waals surface area contributed by atoms with Crippen LogP contribution in [0.3, 0.4) is 0 Å². The first kappa shape index (κ1) is 13.5. The average molecular weight is 234 g/mol. The van der Waals surface area contributed by atoms with Crippen molar-refractivity contribution in [2.24, 2.45) is 0 Å². The van der Waals surface area contributed by atoms with Crippen LogP contribution in [0.15, 0.2) is 30.3 Å². The fraction of sp³-hybridized carbons (Fsp3) is 0.357.